The van der Waals surface area contributed by atoms with E-state index in [-0.39, 0.29) is 10.6 Å². The number of likely N-dealkylation sites (N-methyl/N-ethyl adjacent to an activating group) is 1. The van der Waals surface area contributed by atoms with Gasteiger partial charge in [0.25, 0.3) is 5.91 Å². The van der Waals surface area contributed by atoms with Crippen LogP contribution in [0.2, 0.25) is 0 Å². The Morgan fingerprint density at radius 2 is 1.91 bits per heavy atom. The molecule has 0 spiro atoms. The minimum absolute atomic E-state index is 0.173. The van der Waals surface area contributed by atoms with Crippen molar-refractivity contribution in [1.82, 2.24) is 19.0 Å². The quantitative estimate of drug-likeness (QED) is 0.548. The van der Waals surface area contributed by atoms with Crippen LogP contribution in [0, 0.1) is 0 Å². The van der Waals surface area contributed by atoms with Gasteiger partial charge in [0.1, 0.15) is 11.4 Å². The van der Waals surface area contributed by atoms with Gasteiger partial charge in [-0.15, -0.1) is 0 Å². The third-order valence-corrected chi connectivity index (χ3v) is 7.42. The Morgan fingerprint density at radius 3 is 2.52 bits per heavy atom. The van der Waals surface area contributed by atoms with E-state index in [0.29, 0.717) is 61.9 Å². The molecule has 0 bridgehead atoms. The van der Waals surface area contributed by atoms with Crippen LogP contribution in [-0.4, -0.2) is 79.4 Å². The maximum Gasteiger partial charge on any atom is 0.269 e. The number of ether oxygens (including phenoxy) is 1. The van der Waals surface area contributed by atoms with Crippen molar-refractivity contribution in [3.63, 3.8) is 0 Å². The van der Waals surface area contributed by atoms with Gasteiger partial charge in [-0.05, 0) is 38.6 Å². The highest BCUT2D eigenvalue weighted by Crippen LogP contribution is 2.28. The van der Waals surface area contributed by atoms with E-state index in [1.54, 1.807) is 25.2 Å². The van der Waals surface area contributed by atoms with Gasteiger partial charge in [-0.25, -0.2) is 8.42 Å². The Kier molecular flexibility index (Phi) is 7.88. The summed E-state index contributed by atoms with van der Waals surface area (Å²) in [7, 11) is -0.0388. The number of carbonyl (C=O) groups is 1. The molecule has 33 heavy (non-hydrogen) atoms. The van der Waals surface area contributed by atoms with Crippen LogP contribution >= 0.6 is 0 Å². The fourth-order valence-electron chi connectivity index (χ4n) is 3.77. The zero-order valence-corrected chi connectivity index (χ0v) is 20.4. The van der Waals surface area contributed by atoms with Gasteiger partial charge >= 0.3 is 0 Å². The predicted molar refractivity (Wildman–Crippen MR) is 127 cm³/mol. The number of sulfonamides is 1. The fourth-order valence-corrected chi connectivity index (χ4v) is 5.23. The number of rotatable bonds is 9. The van der Waals surface area contributed by atoms with Crippen molar-refractivity contribution in [1.29, 1.82) is 0 Å². The van der Waals surface area contributed by atoms with E-state index in [1.165, 1.54) is 15.2 Å². The molecule has 11 heteroatoms. The number of aromatic nitrogens is 2. The van der Waals surface area contributed by atoms with Crippen molar-refractivity contribution in [2.75, 3.05) is 39.8 Å². The van der Waals surface area contributed by atoms with E-state index in [9.17, 15) is 13.2 Å². The Bertz CT molecular complexity index is 1130. The SMILES string of the molecule is CCCc1nn(C)c(C(N)=O)c1N=Cc1cc(S(=O)(=O)N2CCN(C)CC2)ccc1OCC. The number of amides is 1. The largest absolute Gasteiger partial charge is 0.493 e. The van der Waals surface area contributed by atoms with Crippen LogP contribution in [0.15, 0.2) is 28.1 Å². The Balaban J connectivity index is 2.03. The first-order valence-corrected chi connectivity index (χ1v) is 12.5. The molecule has 180 valence electrons. The number of aryl methyl sites for hydroxylation is 2. The van der Waals surface area contributed by atoms with Gasteiger partial charge in [0.05, 0.1) is 17.2 Å². The van der Waals surface area contributed by atoms with Gasteiger partial charge in [0.2, 0.25) is 10.0 Å². The average Bonchev–Trinajstić information content (AvgIpc) is 3.08. The van der Waals surface area contributed by atoms with Crippen molar-refractivity contribution in [2.24, 2.45) is 17.8 Å². The number of primary amides is 1. The summed E-state index contributed by atoms with van der Waals surface area (Å²) >= 11 is 0. The van der Waals surface area contributed by atoms with Gasteiger partial charge < -0.3 is 15.4 Å². The summed E-state index contributed by atoms with van der Waals surface area (Å²) in [5, 5.41) is 4.38. The Hall–Kier alpha value is -2.76. The summed E-state index contributed by atoms with van der Waals surface area (Å²) in [5.74, 6) is -0.129. The van der Waals surface area contributed by atoms with Gasteiger partial charge in [-0.3, -0.25) is 14.5 Å². The van der Waals surface area contributed by atoms with Crippen molar-refractivity contribution in [3.8, 4) is 5.75 Å². The molecular formula is C22H32N6O4S. The van der Waals surface area contributed by atoms with Crippen molar-refractivity contribution < 1.29 is 17.9 Å². The number of hydrogen-bond donors (Lipinski definition) is 1. The maximum atomic E-state index is 13.2. The highest BCUT2D eigenvalue weighted by Gasteiger charge is 2.28. The van der Waals surface area contributed by atoms with Crippen LogP contribution in [0.5, 0.6) is 5.75 Å². The Labute approximate surface area is 195 Å². The molecule has 2 aromatic rings. The van der Waals surface area contributed by atoms with Gasteiger partial charge in [0, 0.05) is 45.0 Å². The van der Waals surface area contributed by atoms with Crippen LogP contribution in [0.25, 0.3) is 0 Å². The lowest BCUT2D eigenvalue weighted by atomic mass is 10.2. The lowest BCUT2D eigenvalue weighted by Crippen LogP contribution is -2.47. The molecule has 0 atom stereocenters. The lowest BCUT2D eigenvalue weighted by molar-refractivity contribution is 0.0992. The first-order chi connectivity index (χ1) is 15.7. The van der Waals surface area contributed by atoms with E-state index in [4.69, 9.17) is 10.5 Å². The second-order valence-corrected chi connectivity index (χ2v) is 9.92. The highest BCUT2D eigenvalue weighted by molar-refractivity contribution is 7.89. The third kappa shape index (κ3) is 5.43. The fraction of sp³-hybridized carbons (Fsp3) is 0.500. The summed E-state index contributed by atoms with van der Waals surface area (Å²) in [6.07, 6.45) is 2.96. The number of nitrogens with zero attached hydrogens (tertiary/aromatic N) is 5. The molecule has 1 saturated heterocycles. The van der Waals surface area contributed by atoms with E-state index in [0.717, 1.165) is 6.42 Å². The molecule has 3 rings (SSSR count). The zero-order chi connectivity index (χ0) is 24.2. The first-order valence-electron chi connectivity index (χ1n) is 11.0. The first kappa shape index (κ1) is 24.9. The number of benzene rings is 1. The van der Waals surface area contributed by atoms with Crippen LogP contribution < -0.4 is 10.5 Å². The van der Waals surface area contributed by atoms with E-state index < -0.39 is 15.9 Å². The molecule has 1 fully saturated rings. The minimum atomic E-state index is -3.66. The van der Waals surface area contributed by atoms with E-state index in [2.05, 4.69) is 15.0 Å². The highest BCUT2D eigenvalue weighted by atomic mass is 32.2. The summed E-state index contributed by atoms with van der Waals surface area (Å²) in [6.45, 7) is 6.50. The zero-order valence-electron chi connectivity index (χ0n) is 19.6. The molecule has 0 radical (unpaired) electrons. The molecule has 2 N–H and O–H groups in total. The van der Waals surface area contributed by atoms with Crippen LogP contribution in [-0.2, 0) is 23.5 Å². The summed E-state index contributed by atoms with van der Waals surface area (Å²) in [4.78, 5) is 18.8. The second-order valence-electron chi connectivity index (χ2n) is 7.98. The topological polar surface area (TPSA) is 123 Å². The molecule has 1 aromatic heterocycles. The van der Waals surface area contributed by atoms with E-state index in [1.807, 2.05) is 20.9 Å². The molecule has 0 aliphatic carbocycles. The Morgan fingerprint density at radius 1 is 1.21 bits per heavy atom. The normalized spacial score (nSPS) is 15.9. The lowest BCUT2D eigenvalue weighted by Gasteiger charge is -2.31. The monoisotopic (exact) mass is 476 g/mol. The number of aliphatic imine (C=N–C) groups is 1. The molecule has 1 aliphatic heterocycles. The maximum absolute atomic E-state index is 13.2. The van der Waals surface area contributed by atoms with Crippen LogP contribution in [0.4, 0.5) is 5.69 Å². The van der Waals surface area contributed by atoms with Gasteiger partial charge in [0.15, 0.2) is 5.69 Å². The van der Waals surface area contributed by atoms with Gasteiger partial charge in [-0.1, -0.05) is 13.3 Å². The smallest absolute Gasteiger partial charge is 0.269 e. The van der Waals surface area contributed by atoms with Crippen molar-refractivity contribution in [2.45, 2.75) is 31.6 Å². The van der Waals surface area contributed by atoms with Crippen LogP contribution in [0.1, 0.15) is 42.0 Å². The number of piperazine rings is 1. The van der Waals surface area contributed by atoms with E-state index >= 15 is 0 Å². The number of nitrogens with two attached hydrogens (primary N) is 1. The van der Waals surface area contributed by atoms with Gasteiger partial charge in [-0.2, -0.15) is 9.40 Å². The molecule has 1 aromatic carbocycles. The van der Waals surface area contributed by atoms with Crippen LogP contribution in [0.3, 0.4) is 0 Å². The standard InChI is InChI=1S/C22H32N6O4S/c1-5-7-18-20(21(22(23)29)27(4)25-18)24-15-16-14-17(8-9-19(16)32-6-2)33(30,31)28-12-10-26(3)11-13-28/h8-9,14-15H,5-7,10-13H2,1-4H3,(H2,23,29). The second kappa shape index (κ2) is 10.4. The molecule has 0 unspecified atom stereocenters. The number of hydrogen-bond acceptors (Lipinski definition) is 7. The summed E-state index contributed by atoms with van der Waals surface area (Å²) < 4.78 is 35.1. The average molecular weight is 477 g/mol. The molecule has 2 heterocycles. The summed E-state index contributed by atoms with van der Waals surface area (Å²) in [6, 6.07) is 4.75. The number of carbonyl (C=O) groups excluding carboxylic acids is 1. The van der Waals surface area contributed by atoms with Crippen molar-refractivity contribution in [3.05, 3.63) is 35.2 Å². The molecule has 1 aliphatic rings. The summed E-state index contributed by atoms with van der Waals surface area (Å²) in [5.41, 5.74) is 7.30. The molecule has 0 saturated carbocycles. The molecular weight excluding hydrogens is 444 g/mol. The third-order valence-electron chi connectivity index (χ3n) is 5.53. The minimum Gasteiger partial charge on any atom is -0.493 e. The van der Waals surface area contributed by atoms with Crippen molar-refractivity contribution >= 4 is 27.8 Å². The molecule has 1 amide bonds. The predicted octanol–water partition coefficient (Wildman–Crippen LogP) is 1.56. The molecule has 10 nitrogen and oxygen atoms in total.